The normalized spacial score (nSPS) is 10.6. The molecule has 0 unspecified atom stereocenters. The van der Waals surface area contributed by atoms with Crippen molar-refractivity contribution in [3.8, 4) is 5.75 Å². The van der Waals surface area contributed by atoms with E-state index in [2.05, 4.69) is 28.2 Å². The first-order valence-corrected chi connectivity index (χ1v) is 5.96. The molecule has 5 nitrogen and oxygen atoms in total. The number of H-pyrrole nitrogens is 1. The number of nitrogens with one attached hydrogen (secondary N) is 1. The molecule has 3 N–H and O–H groups in total. The highest BCUT2D eigenvalue weighted by atomic mass is 16.5. The number of benzene rings is 1. The van der Waals surface area contributed by atoms with Crippen LogP contribution in [0.3, 0.4) is 0 Å². The van der Waals surface area contributed by atoms with Crippen molar-refractivity contribution in [1.29, 1.82) is 0 Å². The van der Waals surface area contributed by atoms with Gasteiger partial charge in [0.15, 0.2) is 5.82 Å². The SMILES string of the molecule is COc1ccc(C)cc1Cc1nc(CCN)n[nH]1. The van der Waals surface area contributed by atoms with Crippen molar-refractivity contribution in [2.75, 3.05) is 13.7 Å². The Labute approximate surface area is 106 Å². The smallest absolute Gasteiger partial charge is 0.151 e. The van der Waals surface area contributed by atoms with E-state index in [4.69, 9.17) is 10.5 Å². The second-order valence-corrected chi connectivity index (χ2v) is 4.23. The Morgan fingerprint density at radius 3 is 2.94 bits per heavy atom. The van der Waals surface area contributed by atoms with Crippen LogP contribution < -0.4 is 10.5 Å². The lowest BCUT2D eigenvalue weighted by molar-refractivity contribution is 0.410. The molecule has 2 rings (SSSR count). The summed E-state index contributed by atoms with van der Waals surface area (Å²) < 4.78 is 5.34. The Morgan fingerprint density at radius 1 is 1.39 bits per heavy atom. The molecule has 0 fully saturated rings. The van der Waals surface area contributed by atoms with Crippen molar-refractivity contribution in [2.45, 2.75) is 19.8 Å². The van der Waals surface area contributed by atoms with Gasteiger partial charge >= 0.3 is 0 Å². The number of aryl methyl sites for hydroxylation is 1. The van der Waals surface area contributed by atoms with Crippen LogP contribution in [0.15, 0.2) is 18.2 Å². The average Bonchev–Trinajstić information content (AvgIpc) is 2.77. The molecule has 0 saturated heterocycles. The van der Waals surface area contributed by atoms with Crippen LogP contribution in [0.2, 0.25) is 0 Å². The highest BCUT2D eigenvalue weighted by Crippen LogP contribution is 2.21. The maximum absolute atomic E-state index is 5.47. The summed E-state index contributed by atoms with van der Waals surface area (Å²) in [5, 5.41) is 7.06. The molecule has 1 heterocycles. The van der Waals surface area contributed by atoms with Crippen molar-refractivity contribution < 1.29 is 4.74 Å². The molecule has 96 valence electrons. The summed E-state index contributed by atoms with van der Waals surface area (Å²) in [6.45, 7) is 2.62. The van der Waals surface area contributed by atoms with E-state index in [-0.39, 0.29) is 0 Å². The van der Waals surface area contributed by atoms with Gasteiger partial charge in [-0.3, -0.25) is 5.10 Å². The fourth-order valence-corrected chi connectivity index (χ4v) is 1.88. The number of aromatic amines is 1. The highest BCUT2D eigenvalue weighted by molar-refractivity contribution is 5.38. The van der Waals surface area contributed by atoms with Crippen molar-refractivity contribution in [3.63, 3.8) is 0 Å². The van der Waals surface area contributed by atoms with Crippen LogP contribution in [0.4, 0.5) is 0 Å². The molecule has 5 heteroatoms. The molecule has 1 aromatic carbocycles. The lowest BCUT2D eigenvalue weighted by Crippen LogP contribution is -2.04. The van der Waals surface area contributed by atoms with Gasteiger partial charge < -0.3 is 10.5 Å². The number of rotatable bonds is 5. The van der Waals surface area contributed by atoms with E-state index in [9.17, 15) is 0 Å². The monoisotopic (exact) mass is 246 g/mol. The van der Waals surface area contributed by atoms with E-state index in [1.165, 1.54) is 5.56 Å². The first-order chi connectivity index (χ1) is 8.72. The molecule has 0 radical (unpaired) electrons. The zero-order valence-corrected chi connectivity index (χ0v) is 10.7. The molecule has 0 spiro atoms. The summed E-state index contributed by atoms with van der Waals surface area (Å²) in [6, 6.07) is 6.11. The Bertz CT molecular complexity index is 521. The summed E-state index contributed by atoms with van der Waals surface area (Å²) in [5.74, 6) is 2.47. The van der Waals surface area contributed by atoms with Gasteiger partial charge in [-0.1, -0.05) is 17.7 Å². The topological polar surface area (TPSA) is 76.8 Å². The molecular weight excluding hydrogens is 228 g/mol. The average molecular weight is 246 g/mol. The van der Waals surface area contributed by atoms with Crippen molar-refractivity contribution in [1.82, 2.24) is 15.2 Å². The van der Waals surface area contributed by atoms with E-state index in [1.54, 1.807) is 7.11 Å². The molecule has 0 aliphatic rings. The predicted octanol–water partition coefficient (Wildman–Crippen LogP) is 1.21. The number of nitrogens with zero attached hydrogens (tertiary/aromatic N) is 2. The maximum atomic E-state index is 5.47. The zero-order chi connectivity index (χ0) is 13.0. The maximum Gasteiger partial charge on any atom is 0.151 e. The van der Waals surface area contributed by atoms with Crippen LogP contribution in [-0.2, 0) is 12.8 Å². The van der Waals surface area contributed by atoms with Gasteiger partial charge in [0.1, 0.15) is 11.6 Å². The summed E-state index contributed by atoms with van der Waals surface area (Å²) in [5.41, 5.74) is 7.78. The van der Waals surface area contributed by atoms with Crippen LogP contribution >= 0.6 is 0 Å². The van der Waals surface area contributed by atoms with Crippen molar-refractivity contribution >= 4 is 0 Å². The predicted molar refractivity (Wildman–Crippen MR) is 69.7 cm³/mol. The number of hydrogen-bond acceptors (Lipinski definition) is 4. The van der Waals surface area contributed by atoms with Crippen LogP contribution in [0.5, 0.6) is 5.75 Å². The number of ether oxygens (including phenoxy) is 1. The molecule has 0 amide bonds. The number of methoxy groups -OCH3 is 1. The largest absolute Gasteiger partial charge is 0.496 e. The van der Waals surface area contributed by atoms with Crippen LogP contribution in [0, 0.1) is 6.92 Å². The third-order valence-corrected chi connectivity index (χ3v) is 2.74. The first-order valence-electron chi connectivity index (χ1n) is 5.96. The van der Waals surface area contributed by atoms with Gasteiger partial charge in [0.05, 0.1) is 7.11 Å². The Morgan fingerprint density at radius 2 is 2.22 bits per heavy atom. The molecule has 2 aromatic rings. The van der Waals surface area contributed by atoms with Gasteiger partial charge in [0.25, 0.3) is 0 Å². The third kappa shape index (κ3) is 2.87. The van der Waals surface area contributed by atoms with Crippen LogP contribution in [0.1, 0.15) is 22.8 Å². The molecular formula is C13H18N4O. The number of nitrogens with two attached hydrogens (primary N) is 1. The van der Waals surface area contributed by atoms with Gasteiger partial charge in [-0.25, -0.2) is 4.98 Å². The molecule has 0 aliphatic heterocycles. The molecule has 0 aliphatic carbocycles. The third-order valence-electron chi connectivity index (χ3n) is 2.74. The quantitative estimate of drug-likeness (QED) is 0.831. The summed E-state index contributed by atoms with van der Waals surface area (Å²) >= 11 is 0. The lowest BCUT2D eigenvalue weighted by Gasteiger charge is -2.07. The molecule has 0 bridgehead atoms. The van der Waals surface area contributed by atoms with E-state index in [1.807, 2.05) is 12.1 Å². The van der Waals surface area contributed by atoms with E-state index < -0.39 is 0 Å². The van der Waals surface area contributed by atoms with Gasteiger partial charge in [-0.15, -0.1) is 0 Å². The van der Waals surface area contributed by atoms with Crippen molar-refractivity contribution in [3.05, 3.63) is 41.0 Å². The number of hydrogen-bond donors (Lipinski definition) is 2. The Balaban J connectivity index is 2.19. The zero-order valence-electron chi connectivity index (χ0n) is 10.7. The fourth-order valence-electron chi connectivity index (χ4n) is 1.88. The van der Waals surface area contributed by atoms with Crippen LogP contribution in [0.25, 0.3) is 0 Å². The summed E-state index contributed by atoms with van der Waals surface area (Å²) in [7, 11) is 1.68. The van der Waals surface area contributed by atoms with Gasteiger partial charge in [-0.05, 0) is 19.5 Å². The standard InChI is InChI=1S/C13H18N4O/c1-9-3-4-11(18-2)10(7-9)8-13-15-12(5-6-14)16-17-13/h3-4,7H,5-6,8,14H2,1-2H3,(H,15,16,17). The minimum atomic E-state index is 0.561. The summed E-state index contributed by atoms with van der Waals surface area (Å²) in [6.07, 6.45) is 1.38. The fraction of sp³-hybridized carbons (Fsp3) is 0.385. The molecule has 1 aromatic heterocycles. The molecule has 18 heavy (non-hydrogen) atoms. The van der Waals surface area contributed by atoms with Crippen LogP contribution in [-0.4, -0.2) is 28.8 Å². The lowest BCUT2D eigenvalue weighted by atomic mass is 10.1. The summed E-state index contributed by atoms with van der Waals surface area (Å²) in [4.78, 5) is 4.40. The van der Waals surface area contributed by atoms with E-state index >= 15 is 0 Å². The van der Waals surface area contributed by atoms with Gasteiger partial charge in [-0.2, -0.15) is 5.10 Å². The molecule has 0 atom stereocenters. The first kappa shape index (κ1) is 12.6. The minimum absolute atomic E-state index is 0.561. The Kier molecular flexibility index (Phi) is 3.94. The number of aromatic nitrogens is 3. The molecule has 0 saturated carbocycles. The minimum Gasteiger partial charge on any atom is -0.496 e. The van der Waals surface area contributed by atoms with E-state index in [0.717, 1.165) is 23.0 Å². The van der Waals surface area contributed by atoms with Gasteiger partial charge in [0, 0.05) is 18.4 Å². The highest BCUT2D eigenvalue weighted by Gasteiger charge is 2.08. The second kappa shape index (κ2) is 5.64. The van der Waals surface area contributed by atoms with E-state index in [0.29, 0.717) is 19.4 Å². The second-order valence-electron chi connectivity index (χ2n) is 4.23. The van der Waals surface area contributed by atoms with Crippen molar-refractivity contribution in [2.24, 2.45) is 5.73 Å². The Hall–Kier alpha value is -1.88. The van der Waals surface area contributed by atoms with Gasteiger partial charge in [0.2, 0.25) is 0 Å².